The molecule has 34 heavy (non-hydrogen) atoms. The quantitative estimate of drug-likeness (QED) is 0.401. The first-order chi connectivity index (χ1) is 16.2. The second-order valence-corrected chi connectivity index (χ2v) is 10.8. The van der Waals surface area contributed by atoms with Gasteiger partial charge in [0, 0.05) is 17.5 Å². The molecule has 2 amide bonds. The predicted molar refractivity (Wildman–Crippen MR) is 131 cm³/mol. The Labute approximate surface area is 207 Å². The molecule has 2 N–H and O–H groups in total. The molecule has 2 aromatic heterocycles. The topological polar surface area (TPSA) is 74.3 Å². The smallest absolute Gasteiger partial charge is 0.270 e. The Morgan fingerprint density at radius 3 is 2.74 bits per heavy atom. The zero-order chi connectivity index (χ0) is 24.5. The van der Waals surface area contributed by atoms with E-state index in [1.165, 1.54) is 16.2 Å². The fourth-order valence-corrected chi connectivity index (χ4v) is 5.68. The first-order valence-electron chi connectivity index (χ1n) is 11.6. The Morgan fingerprint density at radius 1 is 1.38 bits per heavy atom. The average molecular weight is 511 g/mol. The summed E-state index contributed by atoms with van der Waals surface area (Å²) in [5, 5.41) is 6.99. The van der Waals surface area contributed by atoms with Crippen LogP contribution in [0.4, 0.5) is 19.5 Å². The van der Waals surface area contributed by atoms with Crippen molar-refractivity contribution in [2.75, 3.05) is 10.2 Å². The number of aryl methyl sites for hydroxylation is 1. The number of pyridine rings is 1. The van der Waals surface area contributed by atoms with Crippen molar-refractivity contribution in [2.24, 2.45) is 5.92 Å². The second kappa shape index (κ2) is 10.2. The van der Waals surface area contributed by atoms with E-state index in [0.29, 0.717) is 28.8 Å². The number of nitrogens with zero attached hydrogens (tertiary/aromatic N) is 2. The summed E-state index contributed by atoms with van der Waals surface area (Å²) in [7, 11) is 0. The predicted octanol–water partition coefficient (Wildman–Crippen LogP) is 5.71. The van der Waals surface area contributed by atoms with Gasteiger partial charge in [-0.25, -0.2) is 8.78 Å². The van der Waals surface area contributed by atoms with Crippen LogP contribution in [0.3, 0.4) is 0 Å². The van der Waals surface area contributed by atoms with Gasteiger partial charge in [-0.3, -0.25) is 19.5 Å². The van der Waals surface area contributed by atoms with Crippen LogP contribution in [0.2, 0.25) is 5.02 Å². The standard InChI is InChI=1S/C24H29ClF2N4O2S/c1-14-18(10-17(25)12-28-14)29-15(2)20-7-8-22(34-20)31(13-32)19(9-16-5-3-4-6-16)23(33)30-21-11-24(21,26)27/h7-8,10,12-13,15-16,19,21,29H,3-6,9,11H2,1-2H3,(H,30,33)/t15-,19-,21-/m0/s1. The molecular formula is C24H29ClF2N4O2S. The summed E-state index contributed by atoms with van der Waals surface area (Å²) in [4.78, 5) is 31.8. The van der Waals surface area contributed by atoms with E-state index in [9.17, 15) is 18.4 Å². The molecule has 2 aromatic rings. The van der Waals surface area contributed by atoms with E-state index < -0.39 is 23.9 Å². The third-order valence-corrected chi connectivity index (χ3v) is 8.13. The Kier molecular flexibility index (Phi) is 7.42. The van der Waals surface area contributed by atoms with Gasteiger partial charge in [0.25, 0.3) is 5.92 Å². The first kappa shape index (κ1) is 24.9. The molecule has 0 unspecified atom stereocenters. The summed E-state index contributed by atoms with van der Waals surface area (Å²) in [6.07, 6.45) is 6.50. The monoisotopic (exact) mass is 510 g/mol. The molecule has 184 valence electrons. The molecular weight excluding hydrogens is 482 g/mol. The van der Waals surface area contributed by atoms with Crippen molar-refractivity contribution >= 4 is 45.9 Å². The van der Waals surface area contributed by atoms with Gasteiger partial charge < -0.3 is 10.6 Å². The van der Waals surface area contributed by atoms with Gasteiger partial charge in [-0.1, -0.05) is 37.3 Å². The molecule has 0 aromatic carbocycles. The number of nitrogens with one attached hydrogen (secondary N) is 2. The average Bonchev–Trinajstić information content (AvgIpc) is 3.22. The maximum Gasteiger partial charge on any atom is 0.270 e. The Morgan fingerprint density at radius 2 is 2.09 bits per heavy atom. The summed E-state index contributed by atoms with van der Waals surface area (Å²) >= 11 is 7.46. The Hall–Kier alpha value is -2.26. The third-order valence-electron chi connectivity index (χ3n) is 6.65. The minimum atomic E-state index is -2.86. The number of hydrogen-bond acceptors (Lipinski definition) is 5. The summed E-state index contributed by atoms with van der Waals surface area (Å²) in [6.45, 7) is 3.87. The highest BCUT2D eigenvalue weighted by Gasteiger charge is 2.58. The molecule has 3 atom stereocenters. The van der Waals surface area contributed by atoms with E-state index in [-0.39, 0.29) is 12.5 Å². The van der Waals surface area contributed by atoms with Crippen LogP contribution >= 0.6 is 22.9 Å². The zero-order valence-electron chi connectivity index (χ0n) is 19.2. The number of aromatic nitrogens is 1. The number of amides is 2. The van der Waals surface area contributed by atoms with Crippen molar-refractivity contribution in [2.45, 2.75) is 76.4 Å². The molecule has 0 spiro atoms. The molecule has 4 rings (SSSR count). The van der Waals surface area contributed by atoms with Gasteiger partial charge in [0.2, 0.25) is 12.3 Å². The van der Waals surface area contributed by atoms with Gasteiger partial charge in [-0.15, -0.1) is 11.3 Å². The van der Waals surface area contributed by atoms with Crippen LogP contribution in [0.5, 0.6) is 0 Å². The Bertz CT molecular complexity index is 1040. The van der Waals surface area contributed by atoms with E-state index in [0.717, 1.165) is 41.9 Å². The molecule has 2 fully saturated rings. The summed E-state index contributed by atoms with van der Waals surface area (Å²) in [5.74, 6) is -3.07. The number of carbonyl (C=O) groups is 2. The lowest BCUT2D eigenvalue weighted by Gasteiger charge is -2.28. The summed E-state index contributed by atoms with van der Waals surface area (Å²) in [5.41, 5.74) is 1.62. The van der Waals surface area contributed by atoms with Crippen LogP contribution in [0, 0.1) is 12.8 Å². The Balaban J connectivity index is 1.51. The molecule has 0 saturated heterocycles. The highest BCUT2D eigenvalue weighted by molar-refractivity contribution is 7.16. The van der Waals surface area contributed by atoms with Crippen LogP contribution < -0.4 is 15.5 Å². The maximum atomic E-state index is 13.4. The van der Waals surface area contributed by atoms with Crippen molar-refractivity contribution < 1.29 is 18.4 Å². The lowest BCUT2D eigenvalue weighted by atomic mass is 9.97. The van der Waals surface area contributed by atoms with Gasteiger partial charge in [-0.2, -0.15) is 0 Å². The van der Waals surface area contributed by atoms with Gasteiger partial charge >= 0.3 is 0 Å². The fourth-order valence-electron chi connectivity index (χ4n) is 4.50. The van der Waals surface area contributed by atoms with E-state index in [1.54, 1.807) is 12.3 Å². The number of carbonyl (C=O) groups excluding carboxylic acids is 2. The van der Waals surface area contributed by atoms with Crippen molar-refractivity contribution in [3.63, 3.8) is 0 Å². The SMILES string of the molecule is Cc1ncc(Cl)cc1N[C@@H](C)c1ccc(N(C=O)[C@@H](CC2CCCC2)C(=O)N[C@H]2CC2(F)F)s1. The number of thiophene rings is 1. The van der Waals surface area contributed by atoms with E-state index in [1.807, 2.05) is 26.0 Å². The number of hydrogen-bond donors (Lipinski definition) is 2. The minimum absolute atomic E-state index is 0.0986. The molecule has 0 bridgehead atoms. The molecule has 6 nitrogen and oxygen atoms in total. The number of rotatable bonds is 10. The molecule has 10 heteroatoms. The highest BCUT2D eigenvalue weighted by atomic mass is 35.5. The van der Waals surface area contributed by atoms with Crippen molar-refractivity contribution in [3.05, 3.63) is 40.0 Å². The highest BCUT2D eigenvalue weighted by Crippen LogP contribution is 2.42. The van der Waals surface area contributed by atoms with Crippen LogP contribution in [-0.4, -0.2) is 35.3 Å². The summed E-state index contributed by atoms with van der Waals surface area (Å²) in [6, 6.07) is 3.46. The third kappa shape index (κ3) is 5.68. The van der Waals surface area contributed by atoms with E-state index >= 15 is 0 Å². The van der Waals surface area contributed by atoms with Gasteiger partial charge in [0.15, 0.2) is 0 Å². The van der Waals surface area contributed by atoms with Crippen molar-refractivity contribution in [1.82, 2.24) is 10.3 Å². The van der Waals surface area contributed by atoms with Crippen molar-refractivity contribution in [3.8, 4) is 0 Å². The number of anilines is 2. The van der Waals surface area contributed by atoms with Gasteiger partial charge in [0.05, 0.1) is 33.5 Å². The van der Waals surface area contributed by atoms with E-state index in [4.69, 9.17) is 11.6 Å². The molecule has 0 aliphatic heterocycles. The van der Waals surface area contributed by atoms with Crippen molar-refractivity contribution in [1.29, 1.82) is 0 Å². The van der Waals surface area contributed by atoms with E-state index in [2.05, 4.69) is 15.6 Å². The largest absolute Gasteiger partial charge is 0.376 e. The number of halogens is 3. The normalized spacial score (nSPS) is 21.0. The van der Waals surface area contributed by atoms with Gasteiger partial charge in [-0.05, 0) is 44.4 Å². The zero-order valence-corrected chi connectivity index (χ0v) is 20.8. The second-order valence-electron chi connectivity index (χ2n) is 9.27. The molecule has 2 aliphatic rings. The number of alkyl halides is 2. The van der Waals surface area contributed by atoms with Crippen LogP contribution in [0.1, 0.15) is 62.1 Å². The molecule has 2 heterocycles. The summed E-state index contributed by atoms with van der Waals surface area (Å²) < 4.78 is 26.9. The maximum absolute atomic E-state index is 13.4. The lowest BCUT2D eigenvalue weighted by Crippen LogP contribution is -2.48. The first-order valence-corrected chi connectivity index (χ1v) is 12.8. The van der Waals surface area contributed by atoms with Gasteiger partial charge in [0.1, 0.15) is 6.04 Å². The van der Waals surface area contributed by atoms with Crippen LogP contribution in [-0.2, 0) is 9.59 Å². The fraction of sp³-hybridized carbons (Fsp3) is 0.542. The molecule has 2 aliphatic carbocycles. The van der Waals surface area contributed by atoms with Crippen LogP contribution in [0.15, 0.2) is 24.4 Å². The molecule has 2 saturated carbocycles. The lowest BCUT2D eigenvalue weighted by molar-refractivity contribution is -0.125. The minimum Gasteiger partial charge on any atom is -0.376 e. The van der Waals surface area contributed by atoms with Crippen LogP contribution in [0.25, 0.3) is 0 Å². The molecule has 0 radical (unpaired) electrons.